The van der Waals surface area contributed by atoms with Gasteiger partial charge >= 0.3 is 5.97 Å². The molecular weight excluding hydrogens is 550 g/mol. The fourth-order valence-electron chi connectivity index (χ4n) is 5.09. The molecule has 0 aliphatic carbocycles. The molecule has 2 amide bonds. The number of non-ortho nitro benzene ring substituents is 1. The van der Waals surface area contributed by atoms with Gasteiger partial charge in [0.05, 0.1) is 38.5 Å². The largest absolute Gasteiger partial charge is 0.445 e. The van der Waals surface area contributed by atoms with E-state index in [0.29, 0.717) is 16.6 Å². The van der Waals surface area contributed by atoms with E-state index in [1.165, 1.54) is 48.5 Å². The number of pyridine rings is 1. The van der Waals surface area contributed by atoms with Crippen LogP contribution in [-0.4, -0.2) is 33.5 Å². The monoisotopic (exact) mass is 571 g/mol. The highest BCUT2D eigenvalue weighted by Crippen LogP contribution is 2.34. The Labute approximate surface area is 244 Å². The Morgan fingerprint density at radius 1 is 0.791 bits per heavy atom. The number of ether oxygens (including phenoxy) is 1. The van der Waals surface area contributed by atoms with Gasteiger partial charge in [-0.2, -0.15) is 0 Å². The van der Waals surface area contributed by atoms with Gasteiger partial charge in [-0.1, -0.05) is 48.5 Å². The number of esters is 1. The normalized spacial score (nSPS) is 13.1. The molecule has 0 unspecified atom stereocenters. The van der Waals surface area contributed by atoms with Gasteiger partial charge in [0.1, 0.15) is 0 Å². The minimum Gasteiger partial charge on any atom is -0.445 e. The molecule has 5 aromatic rings. The second-order valence-electron chi connectivity index (χ2n) is 9.82. The van der Waals surface area contributed by atoms with Crippen LogP contribution in [0.1, 0.15) is 58.8 Å². The predicted molar refractivity (Wildman–Crippen MR) is 156 cm³/mol. The number of aryl methyl sites for hydroxylation is 1. The molecule has 1 aliphatic heterocycles. The summed E-state index contributed by atoms with van der Waals surface area (Å²) in [6.07, 6.45) is -1.38. The summed E-state index contributed by atoms with van der Waals surface area (Å²) in [7, 11) is 0. The second-order valence-corrected chi connectivity index (χ2v) is 9.82. The number of nitro groups is 1. The third-order valence-corrected chi connectivity index (χ3v) is 7.20. The number of amides is 2. The van der Waals surface area contributed by atoms with Gasteiger partial charge in [-0.05, 0) is 49.4 Å². The molecule has 43 heavy (non-hydrogen) atoms. The van der Waals surface area contributed by atoms with E-state index in [4.69, 9.17) is 4.74 Å². The lowest BCUT2D eigenvalue weighted by Gasteiger charge is -2.18. The molecule has 1 aromatic heterocycles. The van der Waals surface area contributed by atoms with Gasteiger partial charge in [0.15, 0.2) is 6.10 Å². The number of benzene rings is 4. The molecule has 0 saturated carbocycles. The van der Waals surface area contributed by atoms with Crippen LogP contribution in [0.2, 0.25) is 0 Å². The van der Waals surface area contributed by atoms with Crippen molar-refractivity contribution in [2.45, 2.75) is 13.0 Å². The number of nitro benzene ring substituents is 1. The van der Waals surface area contributed by atoms with E-state index < -0.39 is 34.6 Å². The van der Waals surface area contributed by atoms with Crippen LogP contribution in [0.5, 0.6) is 0 Å². The first kappa shape index (κ1) is 27.2. The lowest BCUT2D eigenvalue weighted by atomic mass is 9.99. The highest BCUT2D eigenvalue weighted by atomic mass is 16.6. The molecule has 0 fully saturated rings. The van der Waals surface area contributed by atoms with Gasteiger partial charge in [-0.25, -0.2) is 9.69 Å². The lowest BCUT2D eigenvalue weighted by Crippen LogP contribution is -2.29. The van der Waals surface area contributed by atoms with Crippen LogP contribution < -0.4 is 4.90 Å². The Morgan fingerprint density at radius 2 is 1.42 bits per heavy atom. The Morgan fingerprint density at radius 3 is 2.09 bits per heavy atom. The third-order valence-electron chi connectivity index (χ3n) is 7.20. The maximum atomic E-state index is 13.5. The van der Waals surface area contributed by atoms with Gasteiger partial charge < -0.3 is 4.74 Å². The Balaban J connectivity index is 1.28. The lowest BCUT2D eigenvalue weighted by molar-refractivity contribution is -0.384. The molecular formula is C33H21N3O7. The molecule has 0 saturated heterocycles. The van der Waals surface area contributed by atoms with Crippen LogP contribution in [0.3, 0.4) is 0 Å². The number of anilines is 1. The van der Waals surface area contributed by atoms with E-state index in [1.807, 2.05) is 0 Å². The highest BCUT2D eigenvalue weighted by Gasteiger charge is 2.40. The molecule has 0 radical (unpaired) electrons. The van der Waals surface area contributed by atoms with E-state index in [0.717, 1.165) is 4.90 Å². The molecule has 2 heterocycles. The van der Waals surface area contributed by atoms with Crippen LogP contribution in [0.25, 0.3) is 10.9 Å². The number of aromatic nitrogens is 1. The molecule has 0 spiro atoms. The smallest absolute Gasteiger partial charge is 0.339 e. The molecule has 4 aromatic carbocycles. The fraction of sp³-hybridized carbons (Fsp3) is 0.0606. The topological polar surface area (TPSA) is 137 Å². The van der Waals surface area contributed by atoms with E-state index >= 15 is 0 Å². The minimum absolute atomic E-state index is 0.0661. The fourth-order valence-corrected chi connectivity index (χ4v) is 5.09. The zero-order valence-corrected chi connectivity index (χ0v) is 22.6. The van der Waals surface area contributed by atoms with Crippen LogP contribution in [0, 0.1) is 17.0 Å². The maximum Gasteiger partial charge on any atom is 0.339 e. The van der Waals surface area contributed by atoms with Crippen molar-refractivity contribution in [2.24, 2.45) is 0 Å². The number of carbonyl (C=O) groups is 4. The van der Waals surface area contributed by atoms with Gasteiger partial charge in [-0.3, -0.25) is 29.5 Å². The number of hydrogen-bond acceptors (Lipinski definition) is 8. The number of fused-ring (bicyclic) bond motifs is 3. The van der Waals surface area contributed by atoms with E-state index in [-0.39, 0.29) is 39.2 Å². The number of hydrogen-bond donors (Lipinski definition) is 0. The highest BCUT2D eigenvalue weighted by molar-refractivity contribution is 6.37. The number of ketones is 1. The number of Topliss-reactive ketones (excluding diaryl/α,β-unsaturated/α-hetero) is 1. The molecule has 6 rings (SSSR count). The predicted octanol–water partition coefficient (Wildman–Crippen LogP) is 6.03. The van der Waals surface area contributed by atoms with Gasteiger partial charge in [0.25, 0.3) is 17.5 Å². The quantitative estimate of drug-likeness (QED) is 0.0759. The summed E-state index contributed by atoms with van der Waals surface area (Å²) in [5, 5.41) is 11.7. The summed E-state index contributed by atoms with van der Waals surface area (Å²) in [5.41, 5.74) is 2.24. The average Bonchev–Trinajstić information content (AvgIpc) is 3.30. The van der Waals surface area contributed by atoms with Crippen LogP contribution in [-0.2, 0) is 4.74 Å². The molecule has 0 bridgehead atoms. The first-order valence-electron chi connectivity index (χ1n) is 13.2. The van der Waals surface area contributed by atoms with E-state index in [1.54, 1.807) is 61.5 Å². The van der Waals surface area contributed by atoms with E-state index in [2.05, 4.69) is 4.98 Å². The van der Waals surface area contributed by atoms with E-state index in [9.17, 15) is 29.3 Å². The van der Waals surface area contributed by atoms with Gasteiger partial charge in [0, 0.05) is 28.6 Å². The number of nitrogens with zero attached hydrogens (tertiary/aromatic N) is 3. The Bertz CT molecular complexity index is 1950. The standard InChI is InChI=1S/C33H21N3O7/c1-19-27-28(25-9-5-6-10-26(25)34-19)32(39)35(31(27)38)23-15-13-22(14-16-23)33(40)43-30(29(37)20-7-3-2-4-8-20)21-11-17-24(18-12-21)36(41)42/h2-18,30H,1H3/t30-/m0/s1. The van der Waals surface area contributed by atoms with Crippen molar-refractivity contribution in [3.8, 4) is 0 Å². The second kappa shape index (κ2) is 10.7. The summed E-state index contributed by atoms with van der Waals surface area (Å²) < 4.78 is 5.65. The number of rotatable bonds is 7. The summed E-state index contributed by atoms with van der Waals surface area (Å²) in [4.78, 5) is 69.5. The minimum atomic E-state index is -1.38. The summed E-state index contributed by atoms with van der Waals surface area (Å²) in [6, 6.07) is 26.2. The Kier molecular flexibility index (Phi) is 6.79. The number of carbonyl (C=O) groups excluding carboxylic acids is 4. The van der Waals surface area contributed by atoms with Crippen molar-refractivity contribution in [3.63, 3.8) is 0 Å². The van der Waals surface area contributed by atoms with Crippen LogP contribution in [0.4, 0.5) is 11.4 Å². The van der Waals surface area contributed by atoms with Crippen molar-refractivity contribution < 1.29 is 28.8 Å². The molecule has 210 valence electrons. The van der Waals surface area contributed by atoms with Crippen molar-refractivity contribution in [3.05, 3.63) is 147 Å². The van der Waals surface area contributed by atoms with Crippen LogP contribution in [0.15, 0.2) is 103 Å². The number of para-hydroxylation sites is 1. The van der Waals surface area contributed by atoms with Gasteiger partial charge in [0.2, 0.25) is 5.78 Å². The van der Waals surface area contributed by atoms with Crippen molar-refractivity contribution >= 4 is 45.8 Å². The zero-order valence-electron chi connectivity index (χ0n) is 22.6. The summed E-state index contributed by atoms with van der Waals surface area (Å²) in [6.45, 7) is 1.68. The summed E-state index contributed by atoms with van der Waals surface area (Å²) in [5.74, 6) is -2.37. The first-order chi connectivity index (χ1) is 20.7. The molecule has 10 heteroatoms. The van der Waals surface area contributed by atoms with Crippen molar-refractivity contribution in [1.82, 2.24) is 4.98 Å². The summed E-state index contributed by atoms with van der Waals surface area (Å²) >= 11 is 0. The SMILES string of the molecule is Cc1nc2ccccc2c2c1C(=O)N(c1ccc(C(=O)O[C@H](C(=O)c3ccccc3)c3ccc([N+](=O)[O-])cc3)cc1)C2=O. The zero-order chi connectivity index (χ0) is 30.2. The first-order valence-corrected chi connectivity index (χ1v) is 13.2. The Hall–Kier alpha value is -6.03. The maximum absolute atomic E-state index is 13.5. The van der Waals surface area contributed by atoms with Gasteiger partial charge in [-0.15, -0.1) is 0 Å². The molecule has 0 N–H and O–H groups in total. The molecule has 10 nitrogen and oxygen atoms in total. The molecule has 1 atom stereocenters. The van der Waals surface area contributed by atoms with Crippen LogP contribution >= 0.6 is 0 Å². The number of imide groups is 1. The third kappa shape index (κ3) is 4.80. The van der Waals surface area contributed by atoms with Crippen molar-refractivity contribution in [1.29, 1.82) is 0 Å². The van der Waals surface area contributed by atoms with Crippen molar-refractivity contribution in [2.75, 3.05) is 4.90 Å². The molecule has 1 aliphatic rings. The average molecular weight is 572 g/mol.